The number of carbonyl (C=O) groups is 1. The summed E-state index contributed by atoms with van der Waals surface area (Å²) in [5.41, 5.74) is 3.24. The molecule has 124 valence electrons. The Morgan fingerprint density at radius 3 is 2.88 bits per heavy atom. The molecule has 4 aromatic rings. The smallest absolute Gasteiger partial charge is 0.275 e. The predicted octanol–water partition coefficient (Wildman–Crippen LogP) is 4.37. The van der Waals surface area contributed by atoms with Crippen molar-refractivity contribution in [2.24, 2.45) is 0 Å². The monoisotopic (exact) mass is 366 g/mol. The van der Waals surface area contributed by atoms with Gasteiger partial charge >= 0.3 is 0 Å². The van der Waals surface area contributed by atoms with Crippen molar-refractivity contribution >= 4 is 34.3 Å². The molecule has 0 unspecified atom stereocenters. The van der Waals surface area contributed by atoms with Crippen molar-refractivity contribution in [2.45, 2.75) is 6.54 Å². The van der Waals surface area contributed by atoms with E-state index in [0.717, 1.165) is 21.8 Å². The Kier molecular flexibility index (Phi) is 4.41. The van der Waals surface area contributed by atoms with Gasteiger partial charge in [-0.1, -0.05) is 18.2 Å². The van der Waals surface area contributed by atoms with Gasteiger partial charge in [-0.15, -0.1) is 11.3 Å². The summed E-state index contributed by atoms with van der Waals surface area (Å²) in [5, 5.41) is 13.9. The molecule has 0 spiro atoms. The molecule has 7 heteroatoms. The van der Waals surface area contributed by atoms with E-state index in [-0.39, 0.29) is 5.91 Å². The summed E-state index contributed by atoms with van der Waals surface area (Å²) < 4.78 is 1.82. The van der Waals surface area contributed by atoms with Crippen LogP contribution < -0.4 is 5.32 Å². The van der Waals surface area contributed by atoms with Crippen LogP contribution in [0.15, 0.2) is 64.9 Å². The minimum Gasteiger partial charge on any atom is -0.320 e. The van der Waals surface area contributed by atoms with Gasteiger partial charge in [0.1, 0.15) is 10.7 Å². The summed E-state index contributed by atoms with van der Waals surface area (Å²) in [6.45, 7) is 0.598. The Bertz CT molecular complexity index is 974. The summed E-state index contributed by atoms with van der Waals surface area (Å²) >= 11 is 3.09. The molecule has 3 aromatic heterocycles. The molecule has 0 aliphatic rings. The summed E-state index contributed by atoms with van der Waals surface area (Å²) in [6, 6.07) is 11.6. The zero-order valence-electron chi connectivity index (χ0n) is 13.1. The number of nitrogens with zero attached hydrogens (tertiary/aromatic N) is 3. The zero-order chi connectivity index (χ0) is 17.1. The number of thiophene rings is 1. The van der Waals surface area contributed by atoms with E-state index in [1.807, 2.05) is 58.0 Å². The maximum absolute atomic E-state index is 12.6. The number of hydrogen-bond acceptors (Lipinski definition) is 5. The number of thiazole rings is 1. The first kappa shape index (κ1) is 15.7. The Balaban J connectivity index is 1.53. The fraction of sp³-hybridized carbons (Fsp3) is 0.0556. The van der Waals surface area contributed by atoms with E-state index in [1.165, 1.54) is 11.3 Å². The van der Waals surface area contributed by atoms with Gasteiger partial charge in [0.2, 0.25) is 0 Å². The molecule has 0 aliphatic carbocycles. The molecule has 0 saturated heterocycles. The minimum absolute atomic E-state index is 0.203. The van der Waals surface area contributed by atoms with Gasteiger partial charge < -0.3 is 5.32 Å². The third-order valence-electron chi connectivity index (χ3n) is 3.66. The van der Waals surface area contributed by atoms with Crippen LogP contribution in [0.2, 0.25) is 0 Å². The van der Waals surface area contributed by atoms with Crippen LogP contribution in [0.4, 0.5) is 5.69 Å². The van der Waals surface area contributed by atoms with Crippen LogP contribution in [-0.4, -0.2) is 20.7 Å². The Labute approximate surface area is 152 Å². The number of benzene rings is 1. The number of anilines is 1. The molecule has 0 radical (unpaired) electrons. The standard InChI is InChI=1S/C18H14N4OS2/c23-17(16-12-25-18(21-16)14-6-9-24-11-14)20-15-5-2-1-4-13(15)10-22-8-3-7-19-22/h1-9,11-12H,10H2,(H,20,23). The quantitative estimate of drug-likeness (QED) is 0.571. The van der Waals surface area contributed by atoms with Gasteiger partial charge in [0, 0.05) is 34.4 Å². The number of carbonyl (C=O) groups excluding carboxylic acids is 1. The Hall–Kier alpha value is -2.77. The Morgan fingerprint density at radius 2 is 2.08 bits per heavy atom. The molecular weight excluding hydrogens is 352 g/mol. The van der Waals surface area contributed by atoms with Gasteiger partial charge in [-0.05, 0) is 29.1 Å². The van der Waals surface area contributed by atoms with E-state index in [0.29, 0.717) is 12.2 Å². The zero-order valence-corrected chi connectivity index (χ0v) is 14.8. The fourth-order valence-corrected chi connectivity index (χ4v) is 3.94. The first-order valence-electron chi connectivity index (χ1n) is 7.64. The fourth-order valence-electron chi connectivity index (χ4n) is 2.43. The normalized spacial score (nSPS) is 10.7. The largest absolute Gasteiger partial charge is 0.320 e. The first-order chi connectivity index (χ1) is 12.3. The number of para-hydroxylation sites is 1. The molecule has 0 bridgehead atoms. The number of hydrogen-bond donors (Lipinski definition) is 1. The molecule has 0 fully saturated rings. The van der Waals surface area contributed by atoms with Crippen molar-refractivity contribution in [3.8, 4) is 10.6 Å². The molecule has 1 N–H and O–H groups in total. The van der Waals surface area contributed by atoms with Crippen LogP contribution in [0, 0.1) is 0 Å². The van der Waals surface area contributed by atoms with Crippen molar-refractivity contribution in [3.63, 3.8) is 0 Å². The highest BCUT2D eigenvalue weighted by Crippen LogP contribution is 2.26. The lowest BCUT2D eigenvalue weighted by Crippen LogP contribution is -2.14. The molecule has 0 atom stereocenters. The van der Waals surface area contributed by atoms with E-state index in [4.69, 9.17) is 0 Å². The molecule has 1 amide bonds. The van der Waals surface area contributed by atoms with Crippen molar-refractivity contribution in [2.75, 3.05) is 5.32 Å². The summed E-state index contributed by atoms with van der Waals surface area (Å²) in [4.78, 5) is 17.0. The van der Waals surface area contributed by atoms with Crippen LogP contribution in [0.5, 0.6) is 0 Å². The number of amides is 1. The molecule has 25 heavy (non-hydrogen) atoms. The average Bonchev–Trinajstić information content (AvgIpc) is 3.38. The Morgan fingerprint density at radius 1 is 1.16 bits per heavy atom. The third-order valence-corrected chi connectivity index (χ3v) is 5.24. The third kappa shape index (κ3) is 3.52. The van der Waals surface area contributed by atoms with Gasteiger partial charge in [0.05, 0.1) is 6.54 Å². The van der Waals surface area contributed by atoms with E-state index in [1.54, 1.807) is 22.9 Å². The van der Waals surface area contributed by atoms with Crippen LogP contribution in [0.25, 0.3) is 10.6 Å². The number of aromatic nitrogens is 3. The van der Waals surface area contributed by atoms with Gasteiger partial charge in [0.25, 0.3) is 5.91 Å². The van der Waals surface area contributed by atoms with Crippen molar-refractivity contribution in [3.05, 3.63) is 76.2 Å². The van der Waals surface area contributed by atoms with Crippen molar-refractivity contribution in [1.29, 1.82) is 0 Å². The summed E-state index contributed by atoms with van der Waals surface area (Å²) in [5.74, 6) is -0.203. The van der Waals surface area contributed by atoms with E-state index >= 15 is 0 Å². The molecule has 0 aliphatic heterocycles. The average molecular weight is 366 g/mol. The van der Waals surface area contributed by atoms with E-state index in [9.17, 15) is 4.79 Å². The number of rotatable bonds is 5. The van der Waals surface area contributed by atoms with E-state index < -0.39 is 0 Å². The maximum atomic E-state index is 12.6. The second-order valence-electron chi connectivity index (χ2n) is 5.36. The number of nitrogens with one attached hydrogen (secondary N) is 1. The molecular formula is C18H14N4OS2. The minimum atomic E-state index is -0.203. The van der Waals surface area contributed by atoms with Gasteiger partial charge in [0.15, 0.2) is 0 Å². The van der Waals surface area contributed by atoms with Crippen LogP contribution in [0.1, 0.15) is 16.1 Å². The lowest BCUT2D eigenvalue weighted by molar-refractivity contribution is 0.102. The lowest BCUT2D eigenvalue weighted by atomic mass is 10.1. The summed E-state index contributed by atoms with van der Waals surface area (Å²) in [7, 11) is 0. The van der Waals surface area contributed by atoms with E-state index in [2.05, 4.69) is 15.4 Å². The second-order valence-corrected chi connectivity index (χ2v) is 7.00. The SMILES string of the molecule is O=C(Nc1ccccc1Cn1cccn1)c1csc(-c2ccsc2)n1. The summed E-state index contributed by atoms with van der Waals surface area (Å²) in [6.07, 6.45) is 3.63. The maximum Gasteiger partial charge on any atom is 0.275 e. The lowest BCUT2D eigenvalue weighted by Gasteiger charge is -2.10. The highest BCUT2D eigenvalue weighted by molar-refractivity contribution is 7.14. The van der Waals surface area contributed by atoms with Gasteiger partial charge in [-0.3, -0.25) is 9.48 Å². The molecule has 5 nitrogen and oxygen atoms in total. The molecule has 1 aromatic carbocycles. The van der Waals surface area contributed by atoms with Gasteiger partial charge in [-0.25, -0.2) is 4.98 Å². The first-order valence-corrected chi connectivity index (χ1v) is 9.46. The highest BCUT2D eigenvalue weighted by atomic mass is 32.1. The predicted molar refractivity (Wildman–Crippen MR) is 101 cm³/mol. The van der Waals surface area contributed by atoms with Crippen LogP contribution >= 0.6 is 22.7 Å². The van der Waals surface area contributed by atoms with Crippen LogP contribution in [-0.2, 0) is 6.54 Å². The van der Waals surface area contributed by atoms with Crippen molar-refractivity contribution < 1.29 is 4.79 Å². The molecule has 0 saturated carbocycles. The van der Waals surface area contributed by atoms with Gasteiger partial charge in [-0.2, -0.15) is 16.4 Å². The van der Waals surface area contributed by atoms with Crippen molar-refractivity contribution in [1.82, 2.24) is 14.8 Å². The highest BCUT2D eigenvalue weighted by Gasteiger charge is 2.14. The second kappa shape index (κ2) is 7.00. The molecule has 3 heterocycles. The topological polar surface area (TPSA) is 59.8 Å². The molecule has 4 rings (SSSR count). The van der Waals surface area contributed by atoms with Crippen LogP contribution in [0.3, 0.4) is 0 Å².